The van der Waals surface area contributed by atoms with Crippen LogP contribution in [0.4, 0.5) is 0 Å². The molecule has 0 nitrogen and oxygen atoms in total. The molecule has 0 spiro atoms. The first-order valence-electron chi connectivity index (χ1n) is 5.66. The lowest BCUT2D eigenvalue weighted by Gasteiger charge is -2.20. The fraction of sp³-hybridized carbons (Fsp3) is 0.714. The standard InChI is InChI=1S/C14H26/c1-10(2)8-9-13(7)14(11(3)4)12(5)6/h8,11,13H,9H2,1-7H3. The summed E-state index contributed by atoms with van der Waals surface area (Å²) in [6.45, 7) is 15.7. The minimum Gasteiger partial charge on any atom is -0.0853 e. The van der Waals surface area contributed by atoms with Gasteiger partial charge in [0, 0.05) is 0 Å². The predicted octanol–water partition coefficient (Wildman–Crippen LogP) is 4.97. The van der Waals surface area contributed by atoms with Gasteiger partial charge in [0.05, 0.1) is 0 Å². The average molecular weight is 194 g/mol. The Morgan fingerprint density at radius 1 is 1.00 bits per heavy atom. The Hall–Kier alpha value is -0.520. The van der Waals surface area contributed by atoms with Crippen molar-refractivity contribution in [3.05, 3.63) is 22.8 Å². The fourth-order valence-corrected chi connectivity index (χ4v) is 2.18. The van der Waals surface area contributed by atoms with Crippen LogP contribution in [-0.2, 0) is 0 Å². The summed E-state index contributed by atoms with van der Waals surface area (Å²) >= 11 is 0. The maximum atomic E-state index is 2.34. The van der Waals surface area contributed by atoms with Crippen molar-refractivity contribution in [1.82, 2.24) is 0 Å². The summed E-state index contributed by atoms with van der Waals surface area (Å²) in [5, 5.41) is 0. The Balaban J connectivity index is 4.56. The molecule has 0 aromatic heterocycles. The van der Waals surface area contributed by atoms with E-state index in [1.807, 2.05) is 0 Å². The second kappa shape index (κ2) is 6.06. The monoisotopic (exact) mass is 194 g/mol. The Kier molecular flexibility index (Phi) is 5.83. The Morgan fingerprint density at radius 3 is 1.79 bits per heavy atom. The molecule has 0 aromatic carbocycles. The first kappa shape index (κ1) is 13.5. The van der Waals surface area contributed by atoms with Crippen LogP contribution in [0.5, 0.6) is 0 Å². The zero-order valence-corrected chi connectivity index (χ0v) is 10.9. The molecule has 0 rings (SSSR count). The van der Waals surface area contributed by atoms with Crippen LogP contribution in [-0.4, -0.2) is 0 Å². The molecule has 0 saturated heterocycles. The molecule has 0 bridgehead atoms. The van der Waals surface area contributed by atoms with Gasteiger partial charge in [0.2, 0.25) is 0 Å². The van der Waals surface area contributed by atoms with E-state index in [2.05, 4.69) is 54.5 Å². The highest BCUT2D eigenvalue weighted by Crippen LogP contribution is 2.26. The summed E-state index contributed by atoms with van der Waals surface area (Å²) in [4.78, 5) is 0. The maximum absolute atomic E-state index is 2.34. The Labute approximate surface area is 90.1 Å². The van der Waals surface area contributed by atoms with Gasteiger partial charge < -0.3 is 0 Å². The lowest BCUT2D eigenvalue weighted by molar-refractivity contribution is 0.579. The van der Waals surface area contributed by atoms with Crippen molar-refractivity contribution in [3.8, 4) is 0 Å². The van der Waals surface area contributed by atoms with Crippen molar-refractivity contribution in [2.75, 3.05) is 0 Å². The molecule has 0 amide bonds. The topological polar surface area (TPSA) is 0 Å². The molecule has 0 N–H and O–H groups in total. The molecule has 0 fully saturated rings. The average Bonchev–Trinajstić information content (AvgIpc) is 1.99. The summed E-state index contributed by atoms with van der Waals surface area (Å²) in [5.41, 5.74) is 4.55. The van der Waals surface area contributed by atoms with E-state index >= 15 is 0 Å². The van der Waals surface area contributed by atoms with Crippen molar-refractivity contribution in [1.29, 1.82) is 0 Å². The van der Waals surface area contributed by atoms with Crippen LogP contribution < -0.4 is 0 Å². The van der Waals surface area contributed by atoms with Crippen molar-refractivity contribution in [3.63, 3.8) is 0 Å². The number of allylic oxidation sites excluding steroid dienone is 4. The van der Waals surface area contributed by atoms with Crippen LogP contribution in [0.25, 0.3) is 0 Å². The first-order valence-corrected chi connectivity index (χ1v) is 5.66. The van der Waals surface area contributed by atoms with Gasteiger partial charge >= 0.3 is 0 Å². The summed E-state index contributed by atoms with van der Waals surface area (Å²) in [5.74, 6) is 1.37. The second-order valence-corrected chi connectivity index (χ2v) is 5.03. The molecule has 0 heteroatoms. The van der Waals surface area contributed by atoms with Crippen LogP contribution in [0.3, 0.4) is 0 Å². The molecular weight excluding hydrogens is 168 g/mol. The van der Waals surface area contributed by atoms with E-state index in [9.17, 15) is 0 Å². The third-order valence-electron chi connectivity index (χ3n) is 2.61. The van der Waals surface area contributed by atoms with Crippen molar-refractivity contribution < 1.29 is 0 Å². The largest absolute Gasteiger partial charge is 0.0853 e. The highest BCUT2D eigenvalue weighted by molar-refractivity contribution is 5.16. The summed E-state index contributed by atoms with van der Waals surface area (Å²) in [6.07, 6.45) is 3.52. The van der Waals surface area contributed by atoms with Crippen LogP contribution in [0.15, 0.2) is 22.8 Å². The van der Waals surface area contributed by atoms with Gasteiger partial charge in [-0.1, -0.05) is 43.6 Å². The lowest BCUT2D eigenvalue weighted by Crippen LogP contribution is -2.07. The molecule has 0 heterocycles. The van der Waals surface area contributed by atoms with Gasteiger partial charge in [-0.05, 0) is 46.0 Å². The van der Waals surface area contributed by atoms with Gasteiger partial charge in [-0.2, -0.15) is 0 Å². The molecule has 0 aromatic rings. The van der Waals surface area contributed by atoms with Crippen molar-refractivity contribution in [2.45, 2.75) is 54.9 Å². The second-order valence-electron chi connectivity index (χ2n) is 5.03. The summed E-state index contributed by atoms with van der Waals surface area (Å²) < 4.78 is 0. The van der Waals surface area contributed by atoms with E-state index in [4.69, 9.17) is 0 Å². The molecule has 14 heavy (non-hydrogen) atoms. The highest BCUT2D eigenvalue weighted by Gasteiger charge is 2.12. The Bertz CT molecular complexity index is 220. The number of rotatable bonds is 4. The molecular formula is C14H26. The van der Waals surface area contributed by atoms with Crippen LogP contribution in [0.1, 0.15) is 54.9 Å². The third-order valence-corrected chi connectivity index (χ3v) is 2.61. The van der Waals surface area contributed by atoms with Crippen LogP contribution in [0, 0.1) is 11.8 Å². The van der Waals surface area contributed by atoms with E-state index in [0.717, 1.165) is 0 Å². The zero-order valence-electron chi connectivity index (χ0n) is 10.9. The van der Waals surface area contributed by atoms with Crippen LogP contribution in [0.2, 0.25) is 0 Å². The SMILES string of the molecule is CC(C)=CCC(C)C(=C(C)C)C(C)C. The van der Waals surface area contributed by atoms with Gasteiger partial charge in [0.15, 0.2) is 0 Å². The van der Waals surface area contributed by atoms with E-state index < -0.39 is 0 Å². The molecule has 0 aliphatic rings. The number of hydrogen-bond acceptors (Lipinski definition) is 0. The van der Waals surface area contributed by atoms with E-state index in [1.165, 1.54) is 17.6 Å². The molecule has 0 saturated carbocycles. The van der Waals surface area contributed by atoms with Gasteiger partial charge in [-0.25, -0.2) is 0 Å². The summed E-state index contributed by atoms with van der Waals surface area (Å²) in [6, 6.07) is 0. The lowest BCUT2D eigenvalue weighted by atomic mass is 9.85. The van der Waals surface area contributed by atoms with Gasteiger partial charge in [-0.3, -0.25) is 0 Å². The zero-order chi connectivity index (χ0) is 11.3. The fourth-order valence-electron chi connectivity index (χ4n) is 2.18. The third kappa shape index (κ3) is 4.64. The first-order chi connectivity index (χ1) is 6.36. The minimum atomic E-state index is 0.681. The van der Waals surface area contributed by atoms with E-state index in [-0.39, 0.29) is 0 Å². The van der Waals surface area contributed by atoms with Gasteiger partial charge in [0.25, 0.3) is 0 Å². The quantitative estimate of drug-likeness (QED) is 0.554. The van der Waals surface area contributed by atoms with Gasteiger partial charge in [0.1, 0.15) is 0 Å². The normalized spacial score (nSPS) is 12.6. The number of hydrogen-bond donors (Lipinski definition) is 0. The molecule has 82 valence electrons. The molecule has 0 aliphatic carbocycles. The molecule has 1 atom stereocenters. The predicted molar refractivity (Wildman–Crippen MR) is 66.4 cm³/mol. The molecule has 1 unspecified atom stereocenters. The van der Waals surface area contributed by atoms with E-state index in [0.29, 0.717) is 11.8 Å². The van der Waals surface area contributed by atoms with Gasteiger partial charge in [-0.15, -0.1) is 0 Å². The molecule has 0 aliphatic heterocycles. The summed E-state index contributed by atoms with van der Waals surface area (Å²) in [7, 11) is 0. The maximum Gasteiger partial charge on any atom is -0.0192 e. The van der Waals surface area contributed by atoms with Crippen LogP contribution >= 0.6 is 0 Å². The Morgan fingerprint density at radius 2 is 1.50 bits per heavy atom. The molecule has 0 radical (unpaired) electrons. The smallest absolute Gasteiger partial charge is 0.0192 e. The van der Waals surface area contributed by atoms with E-state index in [1.54, 1.807) is 5.57 Å². The van der Waals surface area contributed by atoms with Crippen molar-refractivity contribution >= 4 is 0 Å². The van der Waals surface area contributed by atoms with Crippen molar-refractivity contribution in [2.24, 2.45) is 11.8 Å². The minimum absolute atomic E-state index is 0.681. The highest BCUT2D eigenvalue weighted by atomic mass is 14.2.